The van der Waals surface area contributed by atoms with Crippen LogP contribution in [-0.2, 0) is 52.8 Å². The molecule has 8 amide bonds. The summed E-state index contributed by atoms with van der Waals surface area (Å²) >= 11 is 0. The number of aliphatic hydroxyl groups excluding tert-OH is 2. The van der Waals surface area contributed by atoms with Gasteiger partial charge in [-0.1, -0.05) is 60.7 Å². The molecule has 0 saturated carbocycles. The molecule has 23 nitrogen and oxygen atoms in total. The van der Waals surface area contributed by atoms with Crippen molar-refractivity contribution in [2.24, 2.45) is 0 Å². The van der Waals surface area contributed by atoms with E-state index in [1.54, 1.807) is 102 Å². The Balaban J connectivity index is 1.55. The maximum atomic E-state index is 14.7. The largest absolute Gasteiger partial charge is 0.508 e. The second-order valence-electron chi connectivity index (χ2n) is 19.7. The summed E-state index contributed by atoms with van der Waals surface area (Å²) in [5.41, 5.74) is 0.945. The molecule has 23 heteroatoms. The molecule has 0 radical (unpaired) electrons. The van der Waals surface area contributed by atoms with E-state index in [1.165, 1.54) is 13.1 Å². The zero-order valence-electron chi connectivity index (χ0n) is 42.7. The number of carboxylic acid groups (broad SMARTS) is 1. The Hall–Kier alpha value is -7.66. The summed E-state index contributed by atoms with van der Waals surface area (Å²) < 4.78 is 15.9. The molecular formula is C51H70N8O15. The fourth-order valence-corrected chi connectivity index (χ4v) is 7.52. The van der Waals surface area contributed by atoms with E-state index in [9.17, 15) is 58.8 Å². The number of rotatable bonds is 18. The Kier molecular flexibility index (Phi) is 21.8. The van der Waals surface area contributed by atoms with Crippen molar-refractivity contribution in [3.8, 4) is 16.9 Å². The Morgan fingerprint density at radius 3 is 2.08 bits per heavy atom. The number of alkyl carbamates (subject to hydrolysis) is 3. The van der Waals surface area contributed by atoms with E-state index in [0.29, 0.717) is 16.7 Å². The van der Waals surface area contributed by atoms with Gasteiger partial charge >= 0.3 is 24.4 Å². The van der Waals surface area contributed by atoms with Gasteiger partial charge in [0.25, 0.3) is 0 Å². The lowest BCUT2D eigenvalue weighted by Gasteiger charge is -2.33. The number of nitrogens with one attached hydrogen (secondary N) is 7. The van der Waals surface area contributed by atoms with Gasteiger partial charge < -0.3 is 76.8 Å². The predicted molar refractivity (Wildman–Crippen MR) is 268 cm³/mol. The van der Waals surface area contributed by atoms with Crippen molar-refractivity contribution >= 4 is 48.0 Å². The second-order valence-corrected chi connectivity index (χ2v) is 19.7. The Morgan fingerprint density at radius 1 is 0.757 bits per heavy atom. The highest BCUT2D eigenvalue weighted by atomic mass is 16.6. The summed E-state index contributed by atoms with van der Waals surface area (Å²) in [6, 6.07) is 14.9. The lowest BCUT2D eigenvalue weighted by Crippen LogP contribution is -2.59. The van der Waals surface area contributed by atoms with Crippen LogP contribution in [0.25, 0.3) is 11.1 Å². The van der Waals surface area contributed by atoms with Crippen LogP contribution in [0.15, 0.2) is 72.8 Å². The van der Waals surface area contributed by atoms with Gasteiger partial charge in [-0.25, -0.2) is 19.2 Å². The highest BCUT2D eigenvalue weighted by molar-refractivity contribution is 5.94. The number of hydrogen-bond donors (Lipinski definition) is 11. The molecule has 1 unspecified atom stereocenters. The van der Waals surface area contributed by atoms with Gasteiger partial charge in [0, 0.05) is 52.5 Å². The SMILES string of the molecule is CN1C(=O)[C@H](C[C@@H](O)CNC(=O)OC(C)(C)C)NC(=O)[C@@H](NC(=O)OC(C)(C)C)Cc2cc(ccc2O)-c2cccc(c2)C[C@H]1C(=O)NCC(O)CNC(=O)[C@H](CCCNC(=O)OCc1ccccc1)NC(=O)O. The molecule has 4 rings (SSSR count). The molecule has 11 N–H and O–H groups in total. The van der Waals surface area contributed by atoms with Gasteiger partial charge in [0.15, 0.2) is 0 Å². The van der Waals surface area contributed by atoms with E-state index in [1.807, 2.05) is 6.07 Å². The Bertz CT molecular complexity index is 2430. The number of phenolic OH excluding ortho intramolecular Hbond substituents is 1. The van der Waals surface area contributed by atoms with Crippen LogP contribution >= 0.6 is 0 Å². The number of carbonyl (C=O) groups is 8. The minimum Gasteiger partial charge on any atom is -0.508 e. The molecule has 1 heterocycles. The Labute approximate surface area is 429 Å². The molecule has 0 aliphatic carbocycles. The number of aromatic hydroxyl groups is 1. The van der Waals surface area contributed by atoms with E-state index in [-0.39, 0.29) is 50.1 Å². The molecule has 404 valence electrons. The topological polar surface area (TPSA) is 333 Å². The number of amides is 8. The first-order valence-corrected chi connectivity index (χ1v) is 24.1. The smallest absolute Gasteiger partial charge is 0.408 e. The number of phenols is 1. The van der Waals surface area contributed by atoms with E-state index in [4.69, 9.17) is 14.2 Å². The van der Waals surface area contributed by atoms with Crippen molar-refractivity contribution in [3.05, 3.63) is 89.5 Å². The third kappa shape index (κ3) is 20.5. The van der Waals surface area contributed by atoms with Gasteiger partial charge in [-0.15, -0.1) is 0 Å². The molecule has 0 aromatic heterocycles. The minimum atomic E-state index is -1.62. The minimum absolute atomic E-state index is 0.0363. The highest BCUT2D eigenvalue weighted by Crippen LogP contribution is 2.29. The van der Waals surface area contributed by atoms with Gasteiger partial charge in [0.2, 0.25) is 23.6 Å². The maximum absolute atomic E-state index is 14.7. The zero-order valence-corrected chi connectivity index (χ0v) is 42.7. The third-order valence-electron chi connectivity index (χ3n) is 11.1. The zero-order chi connectivity index (χ0) is 54.8. The first-order valence-electron chi connectivity index (χ1n) is 24.1. The van der Waals surface area contributed by atoms with Gasteiger partial charge in [0.05, 0.1) is 12.2 Å². The summed E-state index contributed by atoms with van der Waals surface area (Å²) in [6.07, 6.45) is -7.79. The third-order valence-corrected chi connectivity index (χ3v) is 11.1. The van der Waals surface area contributed by atoms with Crippen LogP contribution in [0.5, 0.6) is 5.75 Å². The summed E-state index contributed by atoms with van der Waals surface area (Å²) in [6.45, 7) is 8.52. The average molecular weight is 1040 g/mol. The van der Waals surface area contributed by atoms with Crippen molar-refractivity contribution in [3.63, 3.8) is 0 Å². The molecule has 0 saturated heterocycles. The van der Waals surface area contributed by atoms with Crippen LogP contribution in [0.4, 0.5) is 19.2 Å². The number of carbonyl (C=O) groups excluding carboxylic acids is 7. The molecule has 0 fully saturated rings. The number of aliphatic hydroxyl groups is 2. The van der Waals surface area contributed by atoms with Crippen molar-refractivity contribution < 1.29 is 73.0 Å². The summed E-state index contributed by atoms with van der Waals surface area (Å²) in [5, 5.41) is 59.8. The van der Waals surface area contributed by atoms with Gasteiger partial charge in [-0.2, -0.15) is 0 Å². The average Bonchev–Trinajstić information content (AvgIpc) is 3.32. The van der Waals surface area contributed by atoms with Crippen LogP contribution < -0.4 is 37.2 Å². The van der Waals surface area contributed by atoms with E-state index < -0.39 is 122 Å². The number of benzene rings is 3. The number of ether oxygens (including phenoxy) is 3. The standard InChI is InChI=1S/C51H70N8O15/c1-50(2,3)73-48(70)55-26-35(60)25-39-45(66)59(7)40(22-31-15-11-16-32(21-31)33-18-19-41(62)34(23-33)24-38(43(64)56-39)58-49(71)74-51(4,5)6)44(65)54-28-36(61)27-53-42(63)37(57-46(67)68)17-12-20-52-47(69)72-29-30-13-9-8-10-14-30/h8-11,13-16,18-19,21,23,35-40,57,60-62H,12,17,20,22,24-29H2,1-7H3,(H,52,69)(H,53,63)(H,54,65)(H,55,70)(H,56,64)(H,58,71)(H,67,68)/t35-,36?,37+,38+,39+,40+/m1/s1. The van der Waals surface area contributed by atoms with Crippen LogP contribution in [0.2, 0.25) is 0 Å². The normalized spacial score (nSPS) is 17.3. The molecule has 0 spiro atoms. The monoisotopic (exact) mass is 1030 g/mol. The lowest BCUT2D eigenvalue weighted by atomic mass is 9.95. The van der Waals surface area contributed by atoms with Crippen molar-refractivity contribution in [2.45, 2.75) is 128 Å². The van der Waals surface area contributed by atoms with Crippen LogP contribution in [0.3, 0.4) is 0 Å². The van der Waals surface area contributed by atoms with E-state index in [2.05, 4.69) is 37.2 Å². The van der Waals surface area contributed by atoms with E-state index >= 15 is 0 Å². The second kappa shape index (κ2) is 27.4. The molecular weight excluding hydrogens is 965 g/mol. The fraction of sp³-hybridized carbons (Fsp3) is 0.490. The molecule has 74 heavy (non-hydrogen) atoms. The maximum Gasteiger partial charge on any atom is 0.408 e. The molecule has 6 atom stereocenters. The summed E-state index contributed by atoms with van der Waals surface area (Å²) in [4.78, 5) is 107. The van der Waals surface area contributed by atoms with Gasteiger partial charge in [0.1, 0.15) is 47.7 Å². The van der Waals surface area contributed by atoms with Crippen LogP contribution in [-0.4, -0.2) is 154 Å². The van der Waals surface area contributed by atoms with Crippen LogP contribution in [0, 0.1) is 0 Å². The summed E-state index contributed by atoms with van der Waals surface area (Å²) in [5.74, 6) is -3.60. The van der Waals surface area contributed by atoms with Crippen molar-refractivity contribution in [1.29, 1.82) is 0 Å². The predicted octanol–water partition coefficient (Wildman–Crippen LogP) is 2.57. The molecule has 4 bridgehead atoms. The summed E-state index contributed by atoms with van der Waals surface area (Å²) in [7, 11) is 1.30. The fourth-order valence-electron chi connectivity index (χ4n) is 7.52. The molecule has 1 aliphatic heterocycles. The quantitative estimate of drug-likeness (QED) is 0.0645. The van der Waals surface area contributed by atoms with E-state index in [0.717, 1.165) is 10.5 Å². The first kappa shape index (κ1) is 58.9. The molecule has 3 aromatic carbocycles. The molecule has 1 aliphatic rings. The Morgan fingerprint density at radius 2 is 1.41 bits per heavy atom. The number of nitrogens with zero attached hydrogens (tertiary/aromatic N) is 1. The lowest BCUT2D eigenvalue weighted by molar-refractivity contribution is -0.142. The van der Waals surface area contributed by atoms with Crippen LogP contribution in [0.1, 0.15) is 77.5 Å². The molecule has 3 aromatic rings. The van der Waals surface area contributed by atoms with Crippen molar-refractivity contribution in [1.82, 2.24) is 42.1 Å². The highest BCUT2D eigenvalue weighted by Gasteiger charge is 2.36. The number of likely N-dealkylation sites (N-methyl/N-ethyl adjacent to an activating group) is 1. The first-order chi connectivity index (χ1) is 34.8. The van der Waals surface area contributed by atoms with Crippen molar-refractivity contribution in [2.75, 3.05) is 33.2 Å². The number of hydrogen-bond acceptors (Lipinski definition) is 14. The number of fused-ring (bicyclic) bond motifs is 5. The van der Waals surface area contributed by atoms with Gasteiger partial charge in [-0.05, 0) is 94.3 Å². The van der Waals surface area contributed by atoms with Gasteiger partial charge in [-0.3, -0.25) is 19.2 Å².